The van der Waals surface area contributed by atoms with E-state index in [-0.39, 0.29) is 24.6 Å². The van der Waals surface area contributed by atoms with Crippen LogP contribution in [0.1, 0.15) is 33.6 Å². The SMILES string of the molecule is CC(C)(C)S(=O)(=O)CCNC(=O)CCCOc1ccccc1Cl. The average molecular weight is 362 g/mol. The second kappa shape index (κ2) is 8.55. The van der Waals surface area contributed by atoms with Crippen LogP contribution in [-0.4, -0.2) is 38.0 Å². The van der Waals surface area contributed by atoms with Gasteiger partial charge in [-0.1, -0.05) is 23.7 Å². The Kier molecular flexibility index (Phi) is 7.35. The van der Waals surface area contributed by atoms with E-state index in [1.54, 1.807) is 32.9 Å². The summed E-state index contributed by atoms with van der Waals surface area (Å²) in [5.41, 5.74) is 0. The summed E-state index contributed by atoms with van der Waals surface area (Å²) in [7, 11) is -3.21. The van der Waals surface area contributed by atoms with Gasteiger partial charge in [-0.25, -0.2) is 8.42 Å². The van der Waals surface area contributed by atoms with E-state index in [2.05, 4.69) is 5.32 Å². The van der Waals surface area contributed by atoms with Crippen LogP contribution < -0.4 is 10.1 Å². The van der Waals surface area contributed by atoms with Gasteiger partial charge >= 0.3 is 0 Å². The normalized spacial score (nSPS) is 12.0. The van der Waals surface area contributed by atoms with Crippen molar-refractivity contribution in [3.05, 3.63) is 29.3 Å². The van der Waals surface area contributed by atoms with E-state index in [0.29, 0.717) is 23.8 Å². The van der Waals surface area contributed by atoms with Crippen molar-refractivity contribution >= 4 is 27.3 Å². The molecule has 1 rings (SSSR count). The number of nitrogens with one attached hydrogen (secondary N) is 1. The zero-order chi connectivity index (χ0) is 17.5. The topological polar surface area (TPSA) is 72.5 Å². The third-order valence-electron chi connectivity index (χ3n) is 3.27. The van der Waals surface area contributed by atoms with Crippen LogP contribution in [0.2, 0.25) is 5.02 Å². The number of hydrogen-bond donors (Lipinski definition) is 1. The minimum absolute atomic E-state index is 0.0572. The van der Waals surface area contributed by atoms with Crippen LogP contribution in [0.15, 0.2) is 24.3 Å². The smallest absolute Gasteiger partial charge is 0.220 e. The van der Waals surface area contributed by atoms with E-state index >= 15 is 0 Å². The van der Waals surface area contributed by atoms with Gasteiger partial charge in [-0.05, 0) is 39.3 Å². The van der Waals surface area contributed by atoms with Crippen molar-refractivity contribution in [3.63, 3.8) is 0 Å². The fourth-order valence-electron chi connectivity index (χ4n) is 1.70. The van der Waals surface area contributed by atoms with Crippen LogP contribution in [0.25, 0.3) is 0 Å². The van der Waals surface area contributed by atoms with Gasteiger partial charge in [0.15, 0.2) is 9.84 Å². The molecule has 0 saturated heterocycles. The summed E-state index contributed by atoms with van der Waals surface area (Å²) < 4.78 is 28.5. The second-order valence-corrected chi connectivity index (χ2v) is 9.43. The molecule has 0 radical (unpaired) electrons. The van der Waals surface area contributed by atoms with Crippen LogP contribution in [0, 0.1) is 0 Å². The molecule has 0 aliphatic heterocycles. The van der Waals surface area contributed by atoms with Crippen LogP contribution >= 0.6 is 11.6 Å². The lowest BCUT2D eigenvalue weighted by Gasteiger charge is -2.19. The lowest BCUT2D eigenvalue weighted by atomic mass is 10.3. The van der Waals surface area contributed by atoms with Gasteiger partial charge in [0, 0.05) is 13.0 Å². The Morgan fingerprint density at radius 3 is 2.52 bits per heavy atom. The summed E-state index contributed by atoms with van der Waals surface area (Å²) in [5.74, 6) is 0.348. The van der Waals surface area contributed by atoms with Gasteiger partial charge in [0.1, 0.15) is 5.75 Å². The van der Waals surface area contributed by atoms with Gasteiger partial charge in [0.2, 0.25) is 5.91 Å². The van der Waals surface area contributed by atoms with Gasteiger partial charge in [-0.3, -0.25) is 4.79 Å². The highest BCUT2D eigenvalue weighted by Gasteiger charge is 2.28. The predicted molar refractivity (Wildman–Crippen MR) is 92.7 cm³/mol. The molecule has 7 heteroatoms. The Hall–Kier alpha value is -1.27. The number of benzene rings is 1. The number of hydrogen-bond acceptors (Lipinski definition) is 4. The number of halogens is 1. The molecule has 0 aliphatic carbocycles. The first-order valence-electron chi connectivity index (χ1n) is 7.50. The van der Waals surface area contributed by atoms with Gasteiger partial charge in [-0.2, -0.15) is 0 Å². The van der Waals surface area contributed by atoms with Crippen molar-refractivity contribution < 1.29 is 17.9 Å². The van der Waals surface area contributed by atoms with E-state index in [9.17, 15) is 13.2 Å². The predicted octanol–water partition coefficient (Wildman–Crippen LogP) is 2.83. The van der Waals surface area contributed by atoms with Crippen LogP contribution in [0.5, 0.6) is 5.75 Å². The number of carbonyl (C=O) groups is 1. The maximum atomic E-state index is 11.9. The molecular weight excluding hydrogens is 338 g/mol. The van der Waals surface area contributed by atoms with Gasteiger partial charge in [0.05, 0.1) is 22.1 Å². The van der Waals surface area contributed by atoms with Crippen molar-refractivity contribution in [3.8, 4) is 5.75 Å². The first kappa shape index (κ1) is 19.8. The van der Waals surface area contributed by atoms with Crippen LogP contribution in [0.4, 0.5) is 0 Å². The molecule has 0 unspecified atom stereocenters. The van der Waals surface area contributed by atoms with E-state index in [4.69, 9.17) is 16.3 Å². The van der Waals surface area contributed by atoms with E-state index in [1.807, 2.05) is 12.1 Å². The van der Waals surface area contributed by atoms with Crippen molar-refractivity contribution in [2.75, 3.05) is 18.9 Å². The summed E-state index contributed by atoms with van der Waals surface area (Å²) in [6.45, 7) is 5.45. The summed E-state index contributed by atoms with van der Waals surface area (Å²) >= 11 is 5.95. The third kappa shape index (κ3) is 6.79. The van der Waals surface area contributed by atoms with E-state index in [1.165, 1.54) is 0 Å². The fourth-order valence-corrected chi connectivity index (χ4v) is 2.87. The zero-order valence-corrected chi connectivity index (χ0v) is 15.3. The summed E-state index contributed by atoms with van der Waals surface area (Å²) in [4.78, 5) is 11.7. The maximum absolute atomic E-state index is 11.9. The number of sulfone groups is 1. The van der Waals surface area contributed by atoms with Crippen molar-refractivity contribution in [2.24, 2.45) is 0 Å². The van der Waals surface area contributed by atoms with Gasteiger partial charge in [-0.15, -0.1) is 0 Å². The summed E-state index contributed by atoms with van der Waals surface area (Å²) in [5, 5.41) is 3.15. The van der Waals surface area contributed by atoms with Gasteiger partial charge in [0.25, 0.3) is 0 Å². The molecule has 0 aromatic heterocycles. The quantitative estimate of drug-likeness (QED) is 0.722. The molecule has 1 N–H and O–H groups in total. The minimum atomic E-state index is -3.21. The number of carbonyl (C=O) groups excluding carboxylic acids is 1. The minimum Gasteiger partial charge on any atom is -0.492 e. The fraction of sp³-hybridized carbons (Fsp3) is 0.562. The molecule has 0 fully saturated rings. The highest BCUT2D eigenvalue weighted by atomic mass is 35.5. The van der Waals surface area contributed by atoms with Crippen molar-refractivity contribution in [1.82, 2.24) is 5.32 Å². The maximum Gasteiger partial charge on any atom is 0.220 e. The van der Waals surface area contributed by atoms with E-state index < -0.39 is 14.6 Å². The Balaban J connectivity index is 2.22. The first-order chi connectivity index (χ1) is 10.6. The number of rotatable bonds is 8. The second-order valence-electron chi connectivity index (χ2n) is 6.16. The van der Waals surface area contributed by atoms with E-state index in [0.717, 1.165) is 0 Å². The molecule has 0 atom stereocenters. The number of para-hydroxylation sites is 1. The molecule has 0 heterocycles. The molecule has 1 aromatic carbocycles. The monoisotopic (exact) mass is 361 g/mol. The molecule has 0 spiro atoms. The third-order valence-corrected chi connectivity index (χ3v) is 6.19. The van der Waals surface area contributed by atoms with Crippen LogP contribution in [-0.2, 0) is 14.6 Å². The summed E-state index contributed by atoms with van der Waals surface area (Å²) in [6, 6.07) is 7.14. The van der Waals surface area contributed by atoms with Gasteiger partial charge < -0.3 is 10.1 Å². The van der Waals surface area contributed by atoms with Crippen molar-refractivity contribution in [2.45, 2.75) is 38.4 Å². The molecule has 5 nitrogen and oxygen atoms in total. The molecule has 0 saturated carbocycles. The Morgan fingerprint density at radius 1 is 1.26 bits per heavy atom. The zero-order valence-electron chi connectivity index (χ0n) is 13.8. The highest BCUT2D eigenvalue weighted by molar-refractivity contribution is 7.92. The highest BCUT2D eigenvalue weighted by Crippen LogP contribution is 2.23. The number of ether oxygens (including phenoxy) is 1. The van der Waals surface area contributed by atoms with Crippen LogP contribution in [0.3, 0.4) is 0 Å². The Bertz CT molecular complexity index is 623. The summed E-state index contributed by atoms with van der Waals surface area (Å²) in [6.07, 6.45) is 0.809. The first-order valence-corrected chi connectivity index (χ1v) is 9.53. The molecule has 1 aromatic rings. The molecular formula is C16H24ClNO4S. The molecule has 23 heavy (non-hydrogen) atoms. The standard InChI is InChI=1S/C16H24ClNO4S/c1-16(2,3)23(20,21)12-10-18-15(19)9-6-11-22-14-8-5-4-7-13(14)17/h4-5,7-8H,6,9-12H2,1-3H3,(H,18,19). The molecule has 0 aliphatic rings. The largest absolute Gasteiger partial charge is 0.492 e. The Labute approximate surface area is 143 Å². The average Bonchev–Trinajstić information content (AvgIpc) is 2.44. The number of amides is 1. The lowest BCUT2D eigenvalue weighted by Crippen LogP contribution is -2.36. The molecule has 0 bridgehead atoms. The Morgan fingerprint density at radius 2 is 1.91 bits per heavy atom. The van der Waals surface area contributed by atoms with Crippen molar-refractivity contribution in [1.29, 1.82) is 0 Å². The lowest BCUT2D eigenvalue weighted by molar-refractivity contribution is -0.121. The molecule has 130 valence electrons. The molecule has 1 amide bonds.